The number of nitrogens with zero attached hydrogens (tertiary/aromatic N) is 2. The van der Waals surface area contributed by atoms with Crippen LogP contribution in [0, 0.1) is 5.92 Å². The SMILES string of the molecule is CC1CCC(Oc2ccc(-c3csc(N(Cc4ccc(C(=O)O)cc4)Cc4cccs4)n3)cc2)CC1. The molecule has 2 heterocycles. The molecule has 5 nitrogen and oxygen atoms in total. The molecule has 1 aliphatic rings. The van der Waals surface area contributed by atoms with Crippen LogP contribution in [-0.4, -0.2) is 22.2 Å². The number of carboxylic acid groups (broad SMARTS) is 1. The number of ether oxygens (including phenoxy) is 1. The van der Waals surface area contributed by atoms with E-state index < -0.39 is 5.97 Å². The van der Waals surface area contributed by atoms with E-state index in [0.717, 1.165) is 53.0 Å². The molecule has 186 valence electrons. The van der Waals surface area contributed by atoms with Crippen LogP contribution in [0.15, 0.2) is 71.4 Å². The van der Waals surface area contributed by atoms with Crippen LogP contribution >= 0.6 is 22.7 Å². The van der Waals surface area contributed by atoms with Gasteiger partial charge in [-0.15, -0.1) is 22.7 Å². The third-order valence-corrected chi connectivity index (χ3v) is 8.44. The number of thiazole rings is 1. The maximum atomic E-state index is 11.2. The summed E-state index contributed by atoms with van der Waals surface area (Å²) in [5.41, 5.74) is 3.37. The standard InChI is InChI=1S/C29H30N2O3S2/c1-20-4-12-24(13-5-20)34-25-14-10-22(11-15-25)27-19-36-29(30-27)31(18-26-3-2-16-35-26)17-21-6-8-23(9-7-21)28(32)33/h2-3,6-11,14-16,19-20,24H,4-5,12-13,17-18H2,1H3,(H,32,33). The summed E-state index contributed by atoms with van der Waals surface area (Å²) in [6, 6.07) is 19.6. The van der Waals surface area contributed by atoms with Crippen molar-refractivity contribution in [2.45, 2.75) is 51.8 Å². The second kappa shape index (κ2) is 11.3. The van der Waals surface area contributed by atoms with Crippen molar-refractivity contribution in [1.82, 2.24) is 4.98 Å². The summed E-state index contributed by atoms with van der Waals surface area (Å²) in [6.07, 6.45) is 5.09. The van der Waals surface area contributed by atoms with Crippen LogP contribution in [0.5, 0.6) is 5.75 Å². The molecule has 1 fully saturated rings. The van der Waals surface area contributed by atoms with Gasteiger partial charge in [-0.1, -0.05) is 25.1 Å². The Kier molecular flexibility index (Phi) is 7.68. The highest BCUT2D eigenvalue weighted by Gasteiger charge is 2.20. The summed E-state index contributed by atoms with van der Waals surface area (Å²) < 4.78 is 6.22. The molecule has 36 heavy (non-hydrogen) atoms. The fourth-order valence-corrected chi connectivity index (χ4v) is 6.10. The quantitative estimate of drug-likeness (QED) is 0.246. The molecule has 0 atom stereocenters. The first kappa shape index (κ1) is 24.5. The van der Waals surface area contributed by atoms with Gasteiger partial charge in [0.05, 0.1) is 23.9 Å². The Morgan fingerprint density at radius 3 is 2.42 bits per heavy atom. The average molecular weight is 519 g/mol. The molecule has 2 aromatic heterocycles. The van der Waals surface area contributed by atoms with Gasteiger partial charge < -0.3 is 14.7 Å². The van der Waals surface area contributed by atoms with Gasteiger partial charge in [-0.25, -0.2) is 9.78 Å². The Labute approximate surface area is 220 Å². The number of hydrogen-bond donors (Lipinski definition) is 1. The van der Waals surface area contributed by atoms with Crippen molar-refractivity contribution in [2.75, 3.05) is 4.90 Å². The van der Waals surface area contributed by atoms with Crippen LogP contribution in [0.1, 0.15) is 53.4 Å². The van der Waals surface area contributed by atoms with Crippen LogP contribution in [0.2, 0.25) is 0 Å². The lowest BCUT2D eigenvalue weighted by Crippen LogP contribution is -2.22. The highest BCUT2D eigenvalue weighted by Crippen LogP contribution is 2.32. The van der Waals surface area contributed by atoms with Gasteiger partial charge in [0, 0.05) is 22.4 Å². The largest absolute Gasteiger partial charge is 0.490 e. The molecule has 0 saturated heterocycles. The van der Waals surface area contributed by atoms with Crippen LogP contribution in [0.25, 0.3) is 11.3 Å². The van der Waals surface area contributed by atoms with Crippen molar-refractivity contribution < 1.29 is 14.6 Å². The van der Waals surface area contributed by atoms with Crippen molar-refractivity contribution in [1.29, 1.82) is 0 Å². The third-order valence-electron chi connectivity index (χ3n) is 6.68. The highest BCUT2D eigenvalue weighted by atomic mass is 32.1. The molecule has 0 bridgehead atoms. The van der Waals surface area contributed by atoms with E-state index in [1.54, 1.807) is 34.8 Å². The molecule has 2 aromatic carbocycles. The lowest BCUT2D eigenvalue weighted by molar-refractivity contribution is 0.0697. The van der Waals surface area contributed by atoms with E-state index in [4.69, 9.17) is 9.72 Å². The summed E-state index contributed by atoms with van der Waals surface area (Å²) in [5.74, 6) is 0.832. The number of thiophene rings is 1. The van der Waals surface area contributed by atoms with Crippen molar-refractivity contribution in [2.24, 2.45) is 5.92 Å². The van der Waals surface area contributed by atoms with Gasteiger partial charge in [0.2, 0.25) is 0 Å². The Balaban J connectivity index is 1.30. The van der Waals surface area contributed by atoms with Crippen LogP contribution in [0.3, 0.4) is 0 Å². The predicted molar refractivity (Wildman–Crippen MR) is 147 cm³/mol. The Bertz CT molecular complexity index is 1260. The summed E-state index contributed by atoms with van der Waals surface area (Å²) in [4.78, 5) is 19.7. The van der Waals surface area contributed by atoms with E-state index in [9.17, 15) is 9.90 Å². The molecule has 5 rings (SSSR count). The summed E-state index contributed by atoms with van der Waals surface area (Å²) >= 11 is 3.35. The number of aromatic nitrogens is 1. The Morgan fingerprint density at radius 2 is 1.75 bits per heavy atom. The first-order valence-electron chi connectivity index (χ1n) is 12.4. The number of anilines is 1. The molecule has 0 amide bonds. The lowest BCUT2D eigenvalue weighted by atomic mass is 9.89. The minimum absolute atomic E-state index is 0.297. The van der Waals surface area contributed by atoms with Crippen LogP contribution < -0.4 is 9.64 Å². The van der Waals surface area contributed by atoms with Gasteiger partial charge in [0.25, 0.3) is 0 Å². The first-order valence-corrected chi connectivity index (χ1v) is 14.1. The molecule has 0 radical (unpaired) electrons. The first-order chi connectivity index (χ1) is 17.5. The average Bonchev–Trinajstić information content (AvgIpc) is 3.59. The van der Waals surface area contributed by atoms with Crippen molar-refractivity contribution in [3.05, 3.63) is 87.4 Å². The van der Waals surface area contributed by atoms with E-state index in [2.05, 4.69) is 59.0 Å². The number of aromatic carboxylic acids is 1. The number of rotatable bonds is 9. The number of carboxylic acids is 1. The Morgan fingerprint density at radius 1 is 1.00 bits per heavy atom. The molecule has 4 aromatic rings. The molecule has 1 saturated carbocycles. The zero-order valence-corrected chi connectivity index (χ0v) is 21.9. The number of carbonyl (C=O) groups is 1. The lowest BCUT2D eigenvalue weighted by Gasteiger charge is -2.26. The fraction of sp³-hybridized carbons (Fsp3) is 0.310. The van der Waals surface area contributed by atoms with Gasteiger partial charge in [-0.3, -0.25) is 0 Å². The van der Waals surface area contributed by atoms with Crippen LogP contribution in [-0.2, 0) is 13.1 Å². The minimum atomic E-state index is -0.911. The number of hydrogen-bond acceptors (Lipinski definition) is 6. The smallest absolute Gasteiger partial charge is 0.335 e. The van der Waals surface area contributed by atoms with Crippen molar-refractivity contribution in [3.8, 4) is 17.0 Å². The van der Waals surface area contributed by atoms with Gasteiger partial charge in [-0.05, 0) is 85.0 Å². The molecule has 7 heteroatoms. The van der Waals surface area contributed by atoms with Gasteiger partial charge in [-0.2, -0.15) is 0 Å². The normalized spacial score (nSPS) is 17.6. The van der Waals surface area contributed by atoms with Crippen LogP contribution in [0.4, 0.5) is 5.13 Å². The van der Waals surface area contributed by atoms with E-state index in [0.29, 0.717) is 18.2 Å². The molecule has 1 N–H and O–H groups in total. The summed E-state index contributed by atoms with van der Waals surface area (Å²) in [7, 11) is 0. The van der Waals surface area contributed by atoms with Gasteiger partial charge >= 0.3 is 5.97 Å². The second-order valence-electron chi connectivity index (χ2n) is 9.48. The molecular formula is C29H30N2O3S2. The van der Waals surface area contributed by atoms with E-state index in [1.807, 2.05) is 12.1 Å². The van der Waals surface area contributed by atoms with E-state index >= 15 is 0 Å². The molecule has 1 aliphatic carbocycles. The summed E-state index contributed by atoms with van der Waals surface area (Å²) in [5, 5.41) is 14.3. The highest BCUT2D eigenvalue weighted by molar-refractivity contribution is 7.14. The molecule has 0 spiro atoms. The third kappa shape index (κ3) is 6.15. The molecule has 0 aliphatic heterocycles. The maximum Gasteiger partial charge on any atom is 0.335 e. The van der Waals surface area contributed by atoms with Crippen molar-refractivity contribution >= 4 is 33.8 Å². The zero-order chi connectivity index (χ0) is 24.9. The predicted octanol–water partition coefficient (Wildman–Crippen LogP) is 7.73. The van der Waals surface area contributed by atoms with E-state index in [-0.39, 0.29) is 0 Å². The Hall–Kier alpha value is -3.16. The topological polar surface area (TPSA) is 62.7 Å². The molecule has 0 unspecified atom stereocenters. The molecular weight excluding hydrogens is 488 g/mol. The second-order valence-corrected chi connectivity index (χ2v) is 11.3. The minimum Gasteiger partial charge on any atom is -0.490 e. The zero-order valence-electron chi connectivity index (χ0n) is 20.3. The van der Waals surface area contributed by atoms with Gasteiger partial charge in [0.15, 0.2) is 5.13 Å². The van der Waals surface area contributed by atoms with Crippen molar-refractivity contribution in [3.63, 3.8) is 0 Å². The van der Waals surface area contributed by atoms with E-state index in [1.165, 1.54) is 17.7 Å². The number of benzene rings is 2. The van der Waals surface area contributed by atoms with Gasteiger partial charge in [0.1, 0.15) is 5.75 Å². The fourth-order valence-electron chi connectivity index (χ4n) is 4.54. The summed E-state index contributed by atoms with van der Waals surface area (Å²) in [6.45, 7) is 3.72. The monoisotopic (exact) mass is 518 g/mol. The maximum absolute atomic E-state index is 11.2.